The first-order valence-corrected chi connectivity index (χ1v) is 7.09. The van der Waals surface area contributed by atoms with Crippen molar-refractivity contribution in [1.29, 1.82) is 0 Å². The SMILES string of the molecule is O=C(NCC(F)(F)F)c1cc(-c2cccnc2)nc2ccccc12. The highest BCUT2D eigenvalue weighted by atomic mass is 19.4. The minimum atomic E-state index is -4.47. The summed E-state index contributed by atoms with van der Waals surface area (Å²) in [5.74, 6) is -0.795. The Morgan fingerprint density at radius 1 is 1.12 bits per heavy atom. The highest BCUT2D eigenvalue weighted by molar-refractivity contribution is 6.07. The van der Waals surface area contributed by atoms with Gasteiger partial charge in [-0.2, -0.15) is 13.2 Å². The molecule has 0 saturated heterocycles. The Balaban J connectivity index is 2.07. The molecule has 0 spiro atoms. The second-order valence-electron chi connectivity index (χ2n) is 5.11. The maximum absolute atomic E-state index is 12.4. The van der Waals surface area contributed by atoms with Gasteiger partial charge in [-0.1, -0.05) is 18.2 Å². The monoisotopic (exact) mass is 331 g/mol. The summed E-state index contributed by atoms with van der Waals surface area (Å²) in [5, 5.41) is 2.39. The Hall–Kier alpha value is -2.96. The fourth-order valence-electron chi connectivity index (χ4n) is 2.30. The van der Waals surface area contributed by atoms with Crippen molar-refractivity contribution in [3.05, 3.63) is 60.4 Å². The Kier molecular flexibility index (Phi) is 4.16. The summed E-state index contributed by atoms with van der Waals surface area (Å²) in [7, 11) is 0. The Labute approximate surface area is 135 Å². The number of hydrogen-bond donors (Lipinski definition) is 1. The van der Waals surface area contributed by atoms with Crippen LogP contribution in [-0.2, 0) is 0 Å². The van der Waals surface area contributed by atoms with E-state index >= 15 is 0 Å². The second kappa shape index (κ2) is 6.27. The number of nitrogens with one attached hydrogen (secondary N) is 1. The maximum atomic E-state index is 12.4. The summed E-state index contributed by atoms with van der Waals surface area (Å²) >= 11 is 0. The van der Waals surface area contributed by atoms with Gasteiger partial charge in [-0.05, 0) is 24.3 Å². The van der Waals surface area contributed by atoms with E-state index in [2.05, 4.69) is 9.97 Å². The Bertz CT molecular complexity index is 879. The van der Waals surface area contributed by atoms with Gasteiger partial charge in [0, 0.05) is 23.3 Å². The van der Waals surface area contributed by atoms with Gasteiger partial charge in [-0.15, -0.1) is 0 Å². The number of fused-ring (bicyclic) bond motifs is 1. The van der Waals surface area contributed by atoms with Crippen molar-refractivity contribution in [3.63, 3.8) is 0 Å². The van der Waals surface area contributed by atoms with E-state index in [0.29, 0.717) is 22.2 Å². The number of carbonyl (C=O) groups excluding carboxylic acids is 1. The molecule has 24 heavy (non-hydrogen) atoms. The lowest BCUT2D eigenvalue weighted by molar-refractivity contribution is -0.123. The Morgan fingerprint density at radius 2 is 1.92 bits per heavy atom. The van der Waals surface area contributed by atoms with Crippen molar-refractivity contribution in [3.8, 4) is 11.3 Å². The first-order chi connectivity index (χ1) is 11.4. The van der Waals surface area contributed by atoms with Crippen LogP contribution in [0.25, 0.3) is 22.2 Å². The summed E-state index contributed by atoms with van der Waals surface area (Å²) in [4.78, 5) is 20.7. The van der Waals surface area contributed by atoms with Gasteiger partial charge in [0.2, 0.25) is 0 Å². The Morgan fingerprint density at radius 3 is 2.62 bits per heavy atom. The summed E-state index contributed by atoms with van der Waals surface area (Å²) in [6, 6.07) is 11.8. The van der Waals surface area contributed by atoms with E-state index in [1.54, 1.807) is 48.8 Å². The quantitative estimate of drug-likeness (QED) is 0.798. The van der Waals surface area contributed by atoms with E-state index in [1.165, 1.54) is 6.07 Å². The number of nitrogens with zero attached hydrogens (tertiary/aromatic N) is 2. The molecule has 0 aliphatic carbocycles. The van der Waals surface area contributed by atoms with Crippen molar-refractivity contribution < 1.29 is 18.0 Å². The average Bonchev–Trinajstić information content (AvgIpc) is 2.59. The molecule has 0 saturated carbocycles. The molecule has 0 unspecified atom stereocenters. The number of benzene rings is 1. The van der Waals surface area contributed by atoms with Gasteiger partial charge < -0.3 is 5.32 Å². The predicted molar refractivity (Wildman–Crippen MR) is 83.4 cm³/mol. The molecule has 0 atom stereocenters. The van der Waals surface area contributed by atoms with Gasteiger partial charge in [-0.25, -0.2) is 4.98 Å². The molecule has 1 N–H and O–H groups in total. The number of halogens is 3. The number of aromatic nitrogens is 2. The van der Waals surface area contributed by atoms with Gasteiger partial charge in [0.25, 0.3) is 5.91 Å². The van der Waals surface area contributed by atoms with E-state index in [1.807, 2.05) is 5.32 Å². The molecular weight excluding hydrogens is 319 g/mol. The van der Waals surface area contributed by atoms with E-state index in [9.17, 15) is 18.0 Å². The summed E-state index contributed by atoms with van der Waals surface area (Å²) < 4.78 is 37.1. The van der Waals surface area contributed by atoms with Crippen LogP contribution in [-0.4, -0.2) is 28.6 Å². The zero-order chi connectivity index (χ0) is 17.2. The topological polar surface area (TPSA) is 54.9 Å². The zero-order valence-corrected chi connectivity index (χ0v) is 12.3. The molecule has 2 heterocycles. The molecule has 0 aliphatic heterocycles. The lowest BCUT2D eigenvalue weighted by Gasteiger charge is -2.11. The first kappa shape index (κ1) is 15.9. The molecule has 4 nitrogen and oxygen atoms in total. The van der Waals surface area contributed by atoms with E-state index in [4.69, 9.17) is 0 Å². The highest BCUT2D eigenvalue weighted by Crippen LogP contribution is 2.24. The van der Waals surface area contributed by atoms with Crippen molar-refractivity contribution in [1.82, 2.24) is 15.3 Å². The molecule has 1 aromatic carbocycles. The summed E-state index contributed by atoms with van der Waals surface area (Å²) in [5.41, 5.74) is 1.81. The average molecular weight is 331 g/mol. The van der Waals surface area contributed by atoms with Crippen LogP contribution >= 0.6 is 0 Å². The molecule has 0 radical (unpaired) electrons. The normalized spacial score (nSPS) is 11.5. The fourth-order valence-corrected chi connectivity index (χ4v) is 2.30. The molecule has 1 amide bonds. The van der Waals surface area contributed by atoms with Crippen LogP contribution in [0.2, 0.25) is 0 Å². The van der Waals surface area contributed by atoms with Crippen molar-refractivity contribution in [2.45, 2.75) is 6.18 Å². The lowest BCUT2D eigenvalue weighted by Crippen LogP contribution is -2.33. The molecule has 3 rings (SSSR count). The molecule has 0 bridgehead atoms. The third-order valence-corrected chi connectivity index (χ3v) is 3.37. The van der Waals surface area contributed by atoms with Crippen LogP contribution in [0.1, 0.15) is 10.4 Å². The van der Waals surface area contributed by atoms with Crippen LogP contribution < -0.4 is 5.32 Å². The number of alkyl halides is 3. The van der Waals surface area contributed by atoms with Crippen molar-refractivity contribution >= 4 is 16.8 Å². The van der Waals surface area contributed by atoms with Crippen LogP contribution in [0.4, 0.5) is 13.2 Å². The molecule has 0 fully saturated rings. The predicted octanol–water partition coefficient (Wildman–Crippen LogP) is 3.59. The fraction of sp³-hybridized carbons (Fsp3) is 0.118. The summed E-state index contributed by atoms with van der Waals surface area (Å²) in [6.45, 7) is -1.38. The number of rotatable bonds is 3. The van der Waals surface area contributed by atoms with Gasteiger partial charge in [-0.3, -0.25) is 9.78 Å². The van der Waals surface area contributed by atoms with Crippen LogP contribution in [0.3, 0.4) is 0 Å². The number of hydrogen-bond acceptors (Lipinski definition) is 3. The first-order valence-electron chi connectivity index (χ1n) is 7.09. The van der Waals surface area contributed by atoms with Crippen LogP contribution in [0.15, 0.2) is 54.9 Å². The van der Waals surface area contributed by atoms with Gasteiger partial charge in [0.05, 0.1) is 16.8 Å². The zero-order valence-electron chi connectivity index (χ0n) is 12.3. The number of carbonyl (C=O) groups is 1. The van der Waals surface area contributed by atoms with Crippen molar-refractivity contribution in [2.24, 2.45) is 0 Å². The third kappa shape index (κ3) is 3.51. The minimum absolute atomic E-state index is 0.142. The van der Waals surface area contributed by atoms with Crippen molar-refractivity contribution in [2.75, 3.05) is 6.54 Å². The molecule has 7 heteroatoms. The van der Waals surface area contributed by atoms with Crippen LogP contribution in [0.5, 0.6) is 0 Å². The number of amides is 1. The third-order valence-electron chi connectivity index (χ3n) is 3.37. The van der Waals surface area contributed by atoms with Crippen LogP contribution in [0, 0.1) is 0 Å². The molecular formula is C17H12F3N3O. The van der Waals surface area contributed by atoms with Gasteiger partial charge in [0.1, 0.15) is 6.54 Å². The maximum Gasteiger partial charge on any atom is 0.405 e. The number of pyridine rings is 2. The van der Waals surface area contributed by atoms with Gasteiger partial charge in [0.15, 0.2) is 0 Å². The molecule has 0 aliphatic rings. The standard InChI is InChI=1S/C17H12F3N3O/c18-17(19,20)10-22-16(24)13-8-15(11-4-3-7-21-9-11)23-14-6-2-1-5-12(13)14/h1-9H,10H2,(H,22,24). The van der Waals surface area contributed by atoms with Gasteiger partial charge >= 0.3 is 6.18 Å². The largest absolute Gasteiger partial charge is 0.405 e. The number of para-hydroxylation sites is 1. The second-order valence-corrected chi connectivity index (χ2v) is 5.11. The molecule has 122 valence electrons. The highest BCUT2D eigenvalue weighted by Gasteiger charge is 2.28. The molecule has 2 aromatic heterocycles. The smallest absolute Gasteiger partial charge is 0.343 e. The summed E-state index contributed by atoms with van der Waals surface area (Å²) in [6.07, 6.45) is -1.29. The molecule has 3 aromatic rings. The van der Waals surface area contributed by atoms with E-state index in [0.717, 1.165) is 0 Å². The van der Waals surface area contributed by atoms with E-state index < -0.39 is 18.6 Å². The van der Waals surface area contributed by atoms with E-state index in [-0.39, 0.29) is 5.56 Å². The lowest BCUT2D eigenvalue weighted by atomic mass is 10.0. The minimum Gasteiger partial charge on any atom is -0.343 e.